The molecular formula is C19H17FN6O2. The van der Waals surface area contributed by atoms with Gasteiger partial charge in [-0.3, -0.25) is 4.79 Å². The quantitative estimate of drug-likeness (QED) is 0.714. The molecule has 0 radical (unpaired) electrons. The normalized spacial score (nSPS) is 15.7. The van der Waals surface area contributed by atoms with Crippen LogP contribution < -0.4 is 15.8 Å². The number of nitrogens with two attached hydrogens (primary N) is 1. The smallest absolute Gasteiger partial charge is 0.255 e. The lowest BCUT2D eigenvalue weighted by Crippen LogP contribution is -2.37. The SMILES string of the molecule is COc1nc(-c2ccccc2C2Cc3nc(N)nc(C)c3C(=O)N2)ncc1F. The highest BCUT2D eigenvalue weighted by Gasteiger charge is 2.30. The molecule has 2 aromatic heterocycles. The highest BCUT2D eigenvalue weighted by molar-refractivity contribution is 5.98. The Hall–Kier alpha value is -3.62. The molecule has 28 heavy (non-hydrogen) atoms. The second-order valence-corrected chi connectivity index (χ2v) is 6.36. The van der Waals surface area contributed by atoms with E-state index in [4.69, 9.17) is 10.5 Å². The molecular weight excluding hydrogens is 363 g/mol. The number of nitrogens with one attached hydrogen (secondary N) is 1. The van der Waals surface area contributed by atoms with E-state index in [-0.39, 0.29) is 23.8 Å². The Balaban J connectivity index is 1.78. The van der Waals surface area contributed by atoms with Gasteiger partial charge in [-0.1, -0.05) is 24.3 Å². The van der Waals surface area contributed by atoms with Crippen molar-refractivity contribution in [3.05, 3.63) is 58.8 Å². The van der Waals surface area contributed by atoms with Crippen LogP contribution >= 0.6 is 0 Å². The van der Waals surface area contributed by atoms with E-state index < -0.39 is 5.82 Å². The summed E-state index contributed by atoms with van der Waals surface area (Å²) in [6, 6.07) is 6.97. The monoisotopic (exact) mass is 380 g/mol. The summed E-state index contributed by atoms with van der Waals surface area (Å²) in [7, 11) is 1.34. The van der Waals surface area contributed by atoms with Crippen LogP contribution in [0, 0.1) is 12.7 Å². The number of nitrogens with zero attached hydrogens (tertiary/aromatic N) is 4. The zero-order valence-corrected chi connectivity index (χ0v) is 15.2. The predicted molar refractivity (Wildman–Crippen MR) is 99.1 cm³/mol. The molecule has 0 saturated carbocycles. The molecule has 1 aliphatic heterocycles. The van der Waals surface area contributed by atoms with Gasteiger partial charge in [-0.25, -0.2) is 15.0 Å². The number of ether oxygens (including phenoxy) is 1. The van der Waals surface area contributed by atoms with Crippen LogP contribution in [0.4, 0.5) is 10.3 Å². The van der Waals surface area contributed by atoms with Crippen molar-refractivity contribution < 1.29 is 13.9 Å². The average molecular weight is 380 g/mol. The number of amides is 1. The Morgan fingerprint density at radius 2 is 2.04 bits per heavy atom. The van der Waals surface area contributed by atoms with Crippen molar-refractivity contribution in [2.45, 2.75) is 19.4 Å². The van der Waals surface area contributed by atoms with Gasteiger partial charge in [-0.2, -0.15) is 9.37 Å². The summed E-state index contributed by atoms with van der Waals surface area (Å²) >= 11 is 0. The summed E-state index contributed by atoms with van der Waals surface area (Å²) in [5, 5.41) is 2.98. The van der Waals surface area contributed by atoms with Gasteiger partial charge in [-0.15, -0.1) is 0 Å². The van der Waals surface area contributed by atoms with E-state index in [1.165, 1.54) is 7.11 Å². The van der Waals surface area contributed by atoms with Crippen LogP contribution in [-0.2, 0) is 6.42 Å². The van der Waals surface area contributed by atoms with Crippen molar-refractivity contribution in [1.82, 2.24) is 25.3 Å². The lowest BCUT2D eigenvalue weighted by atomic mass is 9.91. The number of fused-ring (bicyclic) bond motifs is 1. The van der Waals surface area contributed by atoms with Crippen LogP contribution in [0.1, 0.15) is 33.4 Å². The molecule has 3 N–H and O–H groups in total. The van der Waals surface area contributed by atoms with Crippen LogP contribution in [-0.4, -0.2) is 33.0 Å². The number of nitrogen functional groups attached to an aromatic ring is 1. The Morgan fingerprint density at radius 1 is 1.25 bits per heavy atom. The van der Waals surface area contributed by atoms with Crippen molar-refractivity contribution >= 4 is 11.9 Å². The second kappa shape index (κ2) is 6.84. The molecule has 3 heterocycles. The number of rotatable bonds is 3. The van der Waals surface area contributed by atoms with Crippen LogP contribution in [0.5, 0.6) is 5.88 Å². The fourth-order valence-corrected chi connectivity index (χ4v) is 3.39. The van der Waals surface area contributed by atoms with Crippen molar-refractivity contribution in [2.24, 2.45) is 0 Å². The Bertz CT molecular complexity index is 1090. The van der Waals surface area contributed by atoms with Crippen molar-refractivity contribution in [2.75, 3.05) is 12.8 Å². The summed E-state index contributed by atoms with van der Waals surface area (Å²) in [6.45, 7) is 1.73. The topological polar surface area (TPSA) is 116 Å². The minimum Gasteiger partial charge on any atom is -0.479 e. The van der Waals surface area contributed by atoms with Crippen LogP contribution in [0.3, 0.4) is 0 Å². The largest absolute Gasteiger partial charge is 0.479 e. The van der Waals surface area contributed by atoms with Crippen LogP contribution in [0.15, 0.2) is 30.5 Å². The van der Waals surface area contributed by atoms with Crippen molar-refractivity contribution in [3.63, 3.8) is 0 Å². The molecule has 1 aromatic carbocycles. The van der Waals surface area contributed by atoms with E-state index >= 15 is 0 Å². The lowest BCUT2D eigenvalue weighted by molar-refractivity contribution is 0.0922. The molecule has 1 atom stereocenters. The first-order chi connectivity index (χ1) is 13.5. The third-order valence-electron chi connectivity index (χ3n) is 4.59. The summed E-state index contributed by atoms with van der Waals surface area (Å²) in [5.41, 5.74) is 8.77. The van der Waals surface area contributed by atoms with E-state index in [0.717, 1.165) is 11.8 Å². The number of hydrogen-bond acceptors (Lipinski definition) is 7. The maximum absolute atomic E-state index is 13.7. The van der Waals surface area contributed by atoms with Gasteiger partial charge < -0.3 is 15.8 Å². The number of benzene rings is 1. The molecule has 0 saturated heterocycles. The first kappa shape index (κ1) is 17.8. The maximum atomic E-state index is 13.7. The van der Waals surface area contributed by atoms with E-state index in [1.807, 2.05) is 24.3 Å². The Labute approximate surface area is 160 Å². The van der Waals surface area contributed by atoms with Crippen LogP contribution in [0.25, 0.3) is 11.4 Å². The number of hydrogen-bond donors (Lipinski definition) is 2. The molecule has 9 heteroatoms. The summed E-state index contributed by atoms with van der Waals surface area (Å²) < 4.78 is 18.7. The van der Waals surface area contributed by atoms with E-state index in [9.17, 15) is 9.18 Å². The fourth-order valence-electron chi connectivity index (χ4n) is 3.39. The lowest BCUT2D eigenvalue weighted by Gasteiger charge is -2.27. The van der Waals surface area contributed by atoms with Gasteiger partial charge in [-0.05, 0) is 12.5 Å². The van der Waals surface area contributed by atoms with E-state index in [0.29, 0.717) is 34.8 Å². The van der Waals surface area contributed by atoms with E-state index in [2.05, 4.69) is 25.3 Å². The molecule has 0 aliphatic carbocycles. The minimum atomic E-state index is -0.647. The predicted octanol–water partition coefficient (Wildman–Crippen LogP) is 2.00. The van der Waals surface area contributed by atoms with E-state index in [1.54, 1.807) is 6.92 Å². The fraction of sp³-hybridized carbons (Fsp3) is 0.211. The third kappa shape index (κ3) is 3.00. The first-order valence-corrected chi connectivity index (χ1v) is 8.57. The standard InChI is InChI=1S/C19H17FN6O2/c1-9-15-14(25-19(21)23-9)7-13(24-17(15)27)10-5-3-4-6-11(10)16-22-8-12(20)18(26-16)28-2/h3-6,8,13H,7H2,1-2H3,(H,24,27)(H2,21,23,25). The minimum absolute atomic E-state index is 0.129. The third-order valence-corrected chi connectivity index (χ3v) is 4.59. The van der Waals surface area contributed by atoms with Gasteiger partial charge in [0.15, 0.2) is 5.82 Å². The van der Waals surface area contributed by atoms with Crippen molar-refractivity contribution in [1.29, 1.82) is 0 Å². The number of carbonyl (C=O) groups is 1. The number of halogens is 1. The zero-order chi connectivity index (χ0) is 19.8. The molecule has 1 aliphatic rings. The molecule has 1 amide bonds. The van der Waals surface area contributed by atoms with Gasteiger partial charge in [0.1, 0.15) is 0 Å². The molecule has 0 spiro atoms. The molecule has 142 valence electrons. The second-order valence-electron chi connectivity index (χ2n) is 6.36. The summed E-state index contributed by atoms with van der Waals surface area (Å²) in [5.74, 6) is -0.631. The molecule has 3 aromatic rings. The zero-order valence-electron chi connectivity index (χ0n) is 15.2. The van der Waals surface area contributed by atoms with Gasteiger partial charge >= 0.3 is 0 Å². The first-order valence-electron chi connectivity index (χ1n) is 8.57. The highest BCUT2D eigenvalue weighted by Crippen LogP contribution is 2.32. The van der Waals surface area contributed by atoms with Gasteiger partial charge in [0.05, 0.1) is 36.3 Å². The highest BCUT2D eigenvalue weighted by atomic mass is 19.1. The summed E-state index contributed by atoms with van der Waals surface area (Å²) in [6.07, 6.45) is 1.49. The summed E-state index contributed by atoms with van der Waals surface area (Å²) in [4.78, 5) is 29.2. The molecule has 0 bridgehead atoms. The Morgan fingerprint density at radius 3 is 2.82 bits per heavy atom. The number of carbonyl (C=O) groups excluding carboxylic acids is 1. The number of aromatic nitrogens is 4. The molecule has 4 rings (SSSR count). The number of aryl methyl sites for hydroxylation is 1. The molecule has 0 fully saturated rings. The Kier molecular flexibility index (Phi) is 4.34. The van der Waals surface area contributed by atoms with Gasteiger partial charge in [0, 0.05) is 12.0 Å². The van der Waals surface area contributed by atoms with Gasteiger partial charge in [0.2, 0.25) is 11.8 Å². The maximum Gasteiger partial charge on any atom is 0.255 e. The molecule has 1 unspecified atom stereocenters. The average Bonchev–Trinajstić information content (AvgIpc) is 2.67. The van der Waals surface area contributed by atoms with Crippen LogP contribution in [0.2, 0.25) is 0 Å². The number of methoxy groups -OCH3 is 1. The van der Waals surface area contributed by atoms with Gasteiger partial charge in [0.25, 0.3) is 11.8 Å². The number of anilines is 1. The van der Waals surface area contributed by atoms with Crippen molar-refractivity contribution in [3.8, 4) is 17.3 Å². The molecule has 8 nitrogen and oxygen atoms in total.